The molecule has 0 aromatic rings. The van der Waals surface area contributed by atoms with Crippen LogP contribution >= 0.6 is 0 Å². The number of ether oxygens (including phenoxy) is 1. The van der Waals surface area contributed by atoms with Crippen LogP contribution in [0.25, 0.3) is 0 Å². The van der Waals surface area contributed by atoms with Crippen LogP contribution in [-0.2, 0) is 18.0 Å². The Balaban J connectivity index is 3.82. The Kier molecular flexibility index (Phi) is 6.62. The normalized spacial score (nSPS) is 13.2. The third-order valence-electron chi connectivity index (χ3n) is 2.10. The molecule has 0 saturated heterocycles. The van der Waals surface area contributed by atoms with Gasteiger partial charge in [-0.15, -0.1) is 0 Å². The summed E-state index contributed by atoms with van der Waals surface area (Å²) in [4.78, 5) is 0. The van der Waals surface area contributed by atoms with Crippen LogP contribution in [0.3, 0.4) is 0 Å². The Morgan fingerprint density at radius 1 is 0.933 bits per heavy atom. The fraction of sp³-hybridized carbons (Fsp3) is 1.00. The van der Waals surface area contributed by atoms with Crippen LogP contribution in [0.4, 0.5) is 0 Å². The first kappa shape index (κ1) is 15.1. The molecule has 0 rings (SSSR count). The highest BCUT2D eigenvalue weighted by Gasteiger charge is 2.36. The van der Waals surface area contributed by atoms with Crippen molar-refractivity contribution in [1.82, 2.24) is 0 Å². The molecule has 0 saturated carbocycles. The van der Waals surface area contributed by atoms with Crippen LogP contribution in [0.5, 0.6) is 0 Å². The highest BCUT2D eigenvalue weighted by atomic mass is 28.4. The van der Waals surface area contributed by atoms with Gasteiger partial charge in [-0.2, -0.15) is 0 Å². The third kappa shape index (κ3) is 6.27. The second-order valence-corrected chi connectivity index (χ2v) is 7.45. The Bertz CT molecular complexity index is 155. The molecule has 0 aliphatic heterocycles. The van der Waals surface area contributed by atoms with Gasteiger partial charge in [-0.25, -0.2) is 0 Å². The summed E-state index contributed by atoms with van der Waals surface area (Å²) in [6, 6.07) is 0.784. The summed E-state index contributed by atoms with van der Waals surface area (Å²) >= 11 is 0. The molecular weight excluding hydrogens is 212 g/mol. The summed E-state index contributed by atoms with van der Waals surface area (Å²) < 4.78 is 21.5. The van der Waals surface area contributed by atoms with E-state index < -0.39 is 8.80 Å². The maximum Gasteiger partial charge on any atom is 0.500 e. The van der Waals surface area contributed by atoms with Crippen molar-refractivity contribution in [1.29, 1.82) is 0 Å². The summed E-state index contributed by atoms with van der Waals surface area (Å²) in [6.45, 7) is 6.83. The van der Waals surface area contributed by atoms with E-state index in [1.165, 1.54) is 0 Å². The second-order valence-electron chi connectivity index (χ2n) is 4.36. The standard InChI is InChI=1S/C10H24O4Si/c1-10(2,3)14-8-7-9-15(11-4,12-5)13-6/h7-9H2,1-6H3. The van der Waals surface area contributed by atoms with Gasteiger partial charge in [0, 0.05) is 34.0 Å². The van der Waals surface area contributed by atoms with E-state index in [-0.39, 0.29) is 5.60 Å². The lowest BCUT2D eigenvalue weighted by molar-refractivity contribution is -0.00439. The van der Waals surface area contributed by atoms with Gasteiger partial charge in [-0.1, -0.05) is 0 Å². The van der Waals surface area contributed by atoms with Crippen molar-refractivity contribution in [2.45, 2.75) is 38.8 Å². The van der Waals surface area contributed by atoms with Crippen LogP contribution in [0.15, 0.2) is 0 Å². The molecule has 92 valence electrons. The van der Waals surface area contributed by atoms with Crippen molar-refractivity contribution in [2.24, 2.45) is 0 Å². The molecule has 0 aromatic heterocycles. The molecular formula is C10H24O4Si. The molecule has 15 heavy (non-hydrogen) atoms. The SMILES string of the molecule is CO[Si](CCCOC(C)(C)C)(OC)OC. The molecule has 0 N–H and O–H groups in total. The van der Waals surface area contributed by atoms with Crippen molar-refractivity contribution in [2.75, 3.05) is 27.9 Å². The largest absolute Gasteiger partial charge is 0.500 e. The number of hydrogen-bond acceptors (Lipinski definition) is 4. The predicted octanol–water partition coefficient (Wildman–Crippen LogP) is 2.07. The molecule has 5 heteroatoms. The first-order chi connectivity index (χ1) is 6.89. The smallest absolute Gasteiger partial charge is 0.377 e. The Labute approximate surface area is 94.2 Å². The van der Waals surface area contributed by atoms with E-state index in [1.54, 1.807) is 21.3 Å². The summed E-state index contributed by atoms with van der Waals surface area (Å²) in [5.41, 5.74) is -0.0859. The Hall–Kier alpha value is 0.0569. The van der Waals surface area contributed by atoms with Crippen molar-refractivity contribution in [3.05, 3.63) is 0 Å². The maximum absolute atomic E-state index is 5.61. The van der Waals surface area contributed by atoms with Gasteiger partial charge in [0.05, 0.1) is 5.60 Å². The zero-order chi connectivity index (χ0) is 11.9. The second kappa shape index (κ2) is 6.60. The lowest BCUT2D eigenvalue weighted by Crippen LogP contribution is -2.42. The number of hydrogen-bond donors (Lipinski definition) is 0. The highest BCUT2D eigenvalue weighted by Crippen LogP contribution is 2.16. The molecule has 0 atom stereocenters. The van der Waals surface area contributed by atoms with Crippen molar-refractivity contribution in [3.8, 4) is 0 Å². The van der Waals surface area contributed by atoms with E-state index in [0.29, 0.717) is 6.61 Å². The summed E-state index contributed by atoms with van der Waals surface area (Å²) in [5.74, 6) is 0. The van der Waals surface area contributed by atoms with Gasteiger partial charge in [0.25, 0.3) is 0 Å². The van der Waals surface area contributed by atoms with Crippen LogP contribution < -0.4 is 0 Å². The van der Waals surface area contributed by atoms with Gasteiger partial charge in [0.1, 0.15) is 0 Å². The zero-order valence-corrected chi connectivity index (χ0v) is 11.8. The molecule has 0 spiro atoms. The van der Waals surface area contributed by atoms with Crippen molar-refractivity contribution >= 4 is 8.80 Å². The molecule has 0 bridgehead atoms. The highest BCUT2D eigenvalue weighted by molar-refractivity contribution is 6.60. The minimum absolute atomic E-state index is 0.0859. The Morgan fingerprint density at radius 2 is 1.40 bits per heavy atom. The summed E-state index contributed by atoms with van der Waals surface area (Å²) in [7, 11) is 2.49. The fourth-order valence-electron chi connectivity index (χ4n) is 1.22. The van der Waals surface area contributed by atoms with E-state index in [0.717, 1.165) is 12.5 Å². The van der Waals surface area contributed by atoms with Gasteiger partial charge in [-0.05, 0) is 27.2 Å². The van der Waals surface area contributed by atoms with Gasteiger partial charge in [0.15, 0.2) is 0 Å². The van der Waals surface area contributed by atoms with Crippen LogP contribution in [0.2, 0.25) is 6.04 Å². The monoisotopic (exact) mass is 236 g/mol. The molecule has 0 amide bonds. The van der Waals surface area contributed by atoms with E-state index in [1.807, 2.05) is 20.8 Å². The minimum atomic E-state index is -2.39. The quantitative estimate of drug-likeness (QED) is 0.501. The van der Waals surface area contributed by atoms with Crippen LogP contribution in [0, 0.1) is 0 Å². The summed E-state index contributed by atoms with van der Waals surface area (Å²) in [6.07, 6.45) is 0.888. The third-order valence-corrected chi connectivity index (χ3v) is 4.93. The lowest BCUT2D eigenvalue weighted by atomic mass is 10.2. The number of rotatable bonds is 7. The van der Waals surface area contributed by atoms with E-state index in [4.69, 9.17) is 18.0 Å². The first-order valence-electron chi connectivity index (χ1n) is 5.18. The summed E-state index contributed by atoms with van der Waals surface area (Å²) in [5, 5.41) is 0. The Morgan fingerprint density at radius 3 is 1.73 bits per heavy atom. The molecule has 0 radical (unpaired) electrons. The molecule has 0 aliphatic carbocycles. The van der Waals surface area contributed by atoms with Crippen LogP contribution in [0.1, 0.15) is 27.2 Å². The van der Waals surface area contributed by atoms with E-state index in [9.17, 15) is 0 Å². The molecule has 0 aromatic carbocycles. The van der Waals surface area contributed by atoms with Gasteiger partial charge in [0.2, 0.25) is 0 Å². The first-order valence-corrected chi connectivity index (χ1v) is 7.12. The average molecular weight is 236 g/mol. The van der Waals surface area contributed by atoms with Gasteiger partial charge in [-0.3, -0.25) is 0 Å². The predicted molar refractivity (Wildman–Crippen MR) is 61.9 cm³/mol. The van der Waals surface area contributed by atoms with Crippen molar-refractivity contribution in [3.63, 3.8) is 0 Å². The molecule has 0 heterocycles. The van der Waals surface area contributed by atoms with E-state index in [2.05, 4.69) is 0 Å². The van der Waals surface area contributed by atoms with E-state index >= 15 is 0 Å². The minimum Gasteiger partial charge on any atom is -0.377 e. The topological polar surface area (TPSA) is 36.9 Å². The molecule has 4 nitrogen and oxygen atoms in total. The molecule has 0 fully saturated rings. The maximum atomic E-state index is 5.61. The van der Waals surface area contributed by atoms with Crippen LogP contribution in [-0.4, -0.2) is 42.3 Å². The van der Waals surface area contributed by atoms with Crippen molar-refractivity contribution < 1.29 is 18.0 Å². The molecule has 0 aliphatic rings. The zero-order valence-electron chi connectivity index (χ0n) is 10.8. The van der Waals surface area contributed by atoms with Gasteiger partial charge < -0.3 is 18.0 Å². The van der Waals surface area contributed by atoms with Gasteiger partial charge >= 0.3 is 8.80 Å². The lowest BCUT2D eigenvalue weighted by Gasteiger charge is -2.25. The molecule has 0 unspecified atom stereocenters. The fourth-order valence-corrected chi connectivity index (χ4v) is 2.91. The average Bonchev–Trinajstić information content (AvgIpc) is 2.18.